The molecule has 5 nitrogen and oxygen atoms in total. The predicted molar refractivity (Wildman–Crippen MR) is 82.4 cm³/mol. The van der Waals surface area contributed by atoms with E-state index in [1.807, 2.05) is 12.1 Å². The molecule has 7 heteroatoms. The molecule has 0 aliphatic rings. The second-order valence-electron chi connectivity index (χ2n) is 4.06. The van der Waals surface area contributed by atoms with E-state index in [1.165, 1.54) is 0 Å². The van der Waals surface area contributed by atoms with Crippen molar-refractivity contribution in [1.82, 2.24) is 9.82 Å². The zero-order valence-corrected chi connectivity index (χ0v) is 13.0. The van der Waals surface area contributed by atoms with Crippen LogP contribution in [0.15, 0.2) is 30.5 Å². The maximum Gasteiger partial charge on any atom is 0.344 e. The van der Waals surface area contributed by atoms with Crippen molar-refractivity contribution >= 4 is 29.1 Å². The number of nitrogens with zero attached hydrogens (tertiary/aromatic N) is 1. The topological polar surface area (TPSA) is 60.5 Å². The number of benzene rings is 1. The lowest BCUT2D eigenvalue weighted by molar-refractivity contribution is -0.145. The van der Waals surface area contributed by atoms with Gasteiger partial charge in [-0.2, -0.15) is 0 Å². The van der Waals surface area contributed by atoms with Gasteiger partial charge < -0.3 is 9.47 Å². The van der Waals surface area contributed by atoms with Crippen LogP contribution in [0.2, 0.25) is 0 Å². The van der Waals surface area contributed by atoms with Crippen molar-refractivity contribution in [3.63, 3.8) is 0 Å². The largest absolute Gasteiger partial charge is 0.482 e. The minimum atomic E-state index is -0.375. The lowest BCUT2D eigenvalue weighted by atomic mass is 10.2. The molecule has 21 heavy (non-hydrogen) atoms. The van der Waals surface area contributed by atoms with Gasteiger partial charge in [0, 0.05) is 23.2 Å². The normalized spacial score (nSPS) is 10.4. The molecule has 0 aliphatic heterocycles. The molecule has 2 rings (SSSR count). The first-order valence-corrected chi connectivity index (χ1v) is 7.59. The number of ether oxygens (including phenoxy) is 2. The van der Waals surface area contributed by atoms with Crippen LogP contribution in [-0.4, -0.2) is 24.2 Å². The second-order valence-corrected chi connectivity index (χ2v) is 5.44. The molecule has 1 N–H and O–H groups in total. The summed E-state index contributed by atoms with van der Waals surface area (Å²) in [7, 11) is 0. The molecule has 0 aliphatic carbocycles. The zero-order valence-electron chi connectivity index (χ0n) is 11.5. The van der Waals surface area contributed by atoms with Crippen LogP contribution >= 0.6 is 23.1 Å². The van der Waals surface area contributed by atoms with Gasteiger partial charge in [0.2, 0.25) is 0 Å². The number of rotatable bonds is 7. The summed E-state index contributed by atoms with van der Waals surface area (Å²) in [6.45, 7) is 2.61. The molecular weight excluding hydrogens is 312 g/mol. The summed E-state index contributed by atoms with van der Waals surface area (Å²) in [5, 5.41) is 0.911. The molecule has 2 aromatic rings. The molecule has 1 heterocycles. The molecule has 0 saturated heterocycles. The summed E-state index contributed by atoms with van der Waals surface area (Å²) in [6, 6.07) is 7.40. The highest BCUT2D eigenvalue weighted by molar-refractivity contribution is 7.15. The minimum absolute atomic E-state index is 0.0873. The summed E-state index contributed by atoms with van der Waals surface area (Å²) in [6.07, 6.45) is 1.79. The molecule has 0 radical (unpaired) electrons. The number of thiazole rings is 1. The van der Waals surface area contributed by atoms with Gasteiger partial charge in [-0.25, -0.2) is 14.6 Å². The molecule has 0 spiro atoms. The fourth-order valence-electron chi connectivity index (χ4n) is 1.63. The maximum atomic E-state index is 11.2. The number of halogens is 1. The number of hydrogen-bond donors (Lipinski definition) is 1. The number of aromatic nitrogens is 1. The molecular formula is C14H15ClN2O3S. The lowest BCUT2D eigenvalue weighted by Crippen LogP contribution is -2.14. The van der Waals surface area contributed by atoms with Crippen molar-refractivity contribution in [2.45, 2.75) is 13.5 Å². The van der Waals surface area contributed by atoms with Crippen LogP contribution in [0.5, 0.6) is 5.75 Å². The van der Waals surface area contributed by atoms with Gasteiger partial charge >= 0.3 is 5.97 Å². The maximum absolute atomic E-state index is 11.2. The van der Waals surface area contributed by atoms with Gasteiger partial charge in [0.05, 0.1) is 6.61 Å². The third-order valence-corrected chi connectivity index (χ3v) is 3.74. The second kappa shape index (κ2) is 7.97. The fraction of sp³-hybridized carbons (Fsp3) is 0.286. The quantitative estimate of drug-likeness (QED) is 0.626. The van der Waals surface area contributed by atoms with E-state index in [1.54, 1.807) is 36.6 Å². The van der Waals surface area contributed by atoms with Gasteiger partial charge in [-0.3, -0.25) is 0 Å². The van der Waals surface area contributed by atoms with Crippen LogP contribution in [0.3, 0.4) is 0 Å². The van der Waals surface area contributed by atoms with E-state index < -0.39 is 0 Å². The summed E-state index contributed by atoms with van der Waals surface area (Å²) in [5.74, 6) is 0.241. The number of carbonyl (C=O) groups is 1. The molecule has 0 saturated carbocycles. The van der Waals surface area contributed by atoms with E-state index in [-0.39, 0.29) is 12.6 Å². The van der Waals surface area contributed by atoms with Crippen molar-refractivity contribution in [3.05, 3.63) is 35.3 Å². The van der Waals surface area contributed by atoms with Gasteiger partial charge in [-0.15, -0.1) is 11.3 Å². The van der Waals surface area contributed by atoms with Gasteiger partial charge in [-0.05, 0) is 43.0 Å². The number of nitrogens with one attached hydrogen (secondary N) is 1. The van der Waals surface area contributed by atoms with Crippen molar-refractivity contribution in [3.8, 4) is 16.3 Å². The van der Waals surface area contributed by atoms with Crippen molar-refractivity contribution in [1.29, 1.82) is 0 Å². The fourth-order valence-corrected chi connectivity index (χ4v) is 2.71. The first kappa shape index (κ1) is 15.8. The third kappa shape index (κ3) is 4.70. The van der Waals surface area contributed by atoms with Gasteiger partial charge in [0.15, 0.2) is 6.61 Å². The Hall–Kier alpha value is -1.63. The van der Waals surface area contributed by atoms with Gasteiger partial charge in [0.25, 0.3) is 0 Å². The molecule has 0 atom stereocenters. The Kier molecular flexibility index (Phi) is 5.98. The summed E-state index contributed by atoms with van der Waals surface area (Å²) < 4.78 is 10.1. The van der Waals surface area contributed by atoms with Crippen LogP contribution in [0.25, 0.3) is 10.6 Å². The Morgan fingerprint density at radius 3 is 2.81 bits per heavy atom. The first-order chi connectivity index (χ1) is 10.2. The third-order valence-electron chi connectivity index (χ3n) is 2.56. The Morgan fingerprint density at radius 1 is 1.38 bits per heavy atom. The van der Waals surface area contributed by atoms with Crippen LogP contribution in [0.4, 0.5) is 0 Å². The SMILES string of the molecule is CCOC(=O)COc1ccc(-c2ncc(CNCl)s2)cc1. The van der Waals surface area contributed by atoms with E-state index in [2.05, 4.69) is 9.82 Å². The van der Waals surface area contributed by atoms with Crippen LogP contribution in [0, 0.1) is 0 Å². The van der Waals surface area contributed by atoms with E-state index in [4.69, 9.17) is 21.3 Å². The molecule has 1 aromatic carbocycles. The smallest absolute Gasteiger partial charge is 0.344 e. The van der Waals surface area contributed by atoms with Crippen LogP contribution < -0.4 is 9.57 Å². The van der Waals surface area contributed by atoms with Crippen molar-refractivity contribution < 1.29 is 14.3 Å². The highest BCUT2D eigenvalue weighted by Gasteiger charge is 2.06. The minimum Gasteiger partial charge on any atom is -0.482 e. The van der Waals surface area contributed by atoms with Crippen LogP contribution in [-0.2, 0) is 16.1 Å². The number of esters is 1. The molecule has 1 aromatic heterocycles. The van der Waals surface area contributed by atoms with E-state index in [0.717, 1.165) is 15.4 Å². The first-order valence-electron chi connectivity index (χ1n) is 6.40. The Bertz CT molecular complexity index is 586. The molecule has 0 bridgehead atoms. The summed E-state index contributed by atoms with van der Waals surface area (Å²) in [4.78, 5) is 19.2. The van der Waals surface area contributed by atoms with Crippen molar-refractivity contribution in [2.24, 2.45) is 0 Å². The van der Waals surface area contributed by atoms with Crippen LogP contribution in [0.1, 0.15) is 11.8 Å². The Balaban J connectivity index is 1.96. The van der Waals surface area contributed by atoms with Gasteiger partial charge in [-0.1, -0.05) is 0 Å². The summed E-state index contributed by atoms with van der Waals surface area (Å²) >= 11 is 7.04. The average Bonchev–Trinajstić information content (AvgIpc) is 2.95. The molecule has 0 amide bonds. The number of carbonyl (C=O) groups excluding carboxylic acids is 1. The zero-order chi connectivity index (χ0) is 15.1. The molecule has 0 unspecified atom stereocenters. The standard InChI is InChI=1S/C14H15ClN2O3S/c1-2-19-13(18)9-20-11-5-3-10(4-6-11)14-16-7-12(21-14)8-17-15/h3-7,17H,2,8-9H2,1H3. The monoisotopic (exact) mass is 326 g/mol. The lowest BCUT2D eigenvalue weighted by Gasteiger charge is -2.06. The average molecular weight is 327 g/mol. The Morgan fingerprint density at radius 2 is 2.14 bits per heavy atom. The number of hydrogen-bond acceptors (Lipinski definition) is 6. The molecule has 0 fully saturated rings. The van der Waals surface area contributed by atoms with E-state index >= 15 is 0 Å². The van der Waals surface area contributed by atoms with E-state index in [0.29, 0.717) is 18.9 Å². The summed E-state index contributed by atoms with van der Waals surface area (Å²) in [5.41, 5.74) is 0.990. The highest BCUT2D eigenvalue weighted by atomic mass is 35.5. The van der Waals surface area contributed by atoms with Gasteiger partial charge in [0.1, 0.15) is 10.8 Å². The molecule has 112 valence electrons. The predicted octanol–water partition coefficient (Wildman–Crippen LogP) is 3.00. The van der Waals surface area contributed by atoms with E-state index in [9.17, 15) is 4.79 Å². The van der Waals surface area contributed by atoms with Crippen molar-refractivity contribution in [2.75, 3.05) is 13.2 Å². The highest BCUT2D eigenvalue weighted by Crippen LogP contribution is 2.26. The Labute approximate surface area is 132 Å².